The number of rotatable bonds is 4. The fraction of sp³-hybridized carbons (Fsp3) is 0.231. The molecule has 2 heterocycles. The molecule has 88 valence electrons. The highest BCUT2D eigenvalue weighted by Gasteiger charge is 2.11. The average Bonchev–Trinajstić information content (AvgIpc) is 2.38. The van der Waals surface area contributed by atoms with Crippen LogP contribution in [0.4, 0.5) is 0 Å². The Bertz CT molecular complexity index is 456. The second-order valence-corrected chi connectivity index (χ2v) is 4.72. The number of hydrogen-bond donors (Lipinski definition) is 1. The summed E-state index contributed by atoms with van der Waals surface area (Å²) in [7, 11) is 1.95. The Hall–Kier alpha value is -1.26. The van der Waals surface area contributed by atoms with Gasteiger partial charge in [-0.15, -0.1) is 0 Å². The van der Waals surface area contributed by atoms with Crippen molar-refractivity contribution in [2.45, 2.75) is 12.5 Å². The monoisotopic (exact) mass is 291 g/mol. The summed E-state index contributed by atoms with van der Waals surface area (Å²) in [5.41, 5.74) is 2.25. The van der Waals surface area contributed by atoms with Crippen LogP contribution in [-0.4, -0.2) is 17.0 Å². The second-order valence-electron chi connectivity index (χ2n) is 3.81. The third-order valence-electron chi connectivity index (χ3n) is 2.62. The highest BCUT2D eigenvalue weighted by molar-refractivity contribution is 9.10. The van der Waals surface area contributed by atoms with E-state index >= 15 is 0 Å². The number of aromatic nitrogens is 2. The van der Waals surface area contributed by atoms with E-state index in [1.807, 2.05) is 37.6 Å². The van der Waals surface area contributed by atoms with Crippen molar-refractivity contribution in [3.8, 4) is 0 Å². The summed E-state index contributed by atoms with van der Waals surface area (Å²) in [6.45, 7) is 0. The normalized spacial score (nSPS) is 12.4. The van der Waals surface area contributed by atoms with Gasteiger partial charge in [-0.3, -0.25) is 9.97 Å². The van der Waals surface area contributed by atoms with Crippen molar-refractivity contribution in [2.75, 3.05) is 7.05 Å². The molecule has 0 fully saturated rings. The minimum Gasteiger partial charge on any atom is -0.311 e. The topological polar surface area (TPSA) is 37.8 Å². The number of pyridine rings is 2. The zero-order valence-electron chi connectivity index (χ0n) is 9.60. The van der Waals surface area contributed by atoms with Gasteiger partial charge in [-0.1, -0.05) is 6.07 Å². The lowest BCUT2D eigenvalue weighted by Gasteiger charge is -2.15. The standard InChI is InChI=1S/C13H14BrN3/c1-15-13(7-10-3-2-6-16-8-10)12-5-4-11(14)9-17-12/h2-6,8-9,13,15H,7H2,1H3. The van der Waals surface area contributed by atoms with Gasteiger partial charge < -0.3 is 5.32 Å². The van der Waals surface area contributed by atoms with Crippen LogP contribution in [0.2, 0.25) is 0 Å². The van der Waals surface area contributed by atoms with E-state index in [1.165, 1.54) is 5.56 Å². The molecule has 4 heteroatoms. The molecule has 2 aromatic rings. The highest BCUT2D eigenvalue weighted by atomic mass is 79.9. The van der Waals surface area contributed by atoms with Crippen LogP contribution in [0.1, 0.15) is 17.3 Å². The molecule has 0 saturated heterocycles. The van der Waals surface area contributed by atoms with Crippen LogP contribution in [0.5, 0.6) is 0 Å². The molecule has 0 radical (unpaired) electrons. The quantitative estimate of drug-likeness (QED) is 0.941. The molecule has 1 unspecified atom stereocenters. The molecule has 2 aromatic heterocycles. The van der Waals surface area contributed by atoms with Crippen LogP contribution in [0, 0.1) is 0 Å². The molecule has 3 nitrogen and oxygen atoms in total. The smallest absolute Gasteiger partial charge is 0.0577 e. The van der Waals surface area contributed by atoms with Gasteiger partial charge >= 0.3 is 0 Å². The average molecular weight is 292 g/mol. The molecule has 0 aliphatic heterocycles. The van der Waals surface area contributed by atoms with Crippen LogP contribution in [0.3, 0.4) is 0 Å². The van der Waals surface area contributed by atoms with Crippen molar-refractivity contribution in [3.63, 3.8) is 0 Å². The number of hydrogen-bond acceptors (Lipinski definition) is 3. The van der Waals surface area contributed by atoms with Gasteiger partial charge in [0.2, 0.25) is 0 Å². The van der Waals surface area contributed by atoms with Crippen LogP contribution < -0.4 is 5.32 Å². The van der Waals surface area contributed by atoms with Crippen molar-refractivity contribution in [1.29, 1.82) is 0 Å². The molecule has 0 aromatic carbocycles. The van der Waals surface area contributed by atoms with Gasteiger partial charge in [0.1, 0.15) is 0 Å². The van der Waals surface area contributed by atoms with E-state index < -0.39 is 0 Å². The first-order valence-corrected chi connectivity index (χ1v) is 6.26. The van der Waals surface area contributed by atoms with E-state index in [0.717, 1.165) is 16.6 Å². The van der Waals surface area contributed by atoms with Gasteiger partial charge in [-0.05, 0) is 53.2 Å². The molecule has 0 bridgehead atoms. The van der Waals surface area contributed by atoms with Crippen LogP contribution in [0.15, 0.2) is 47.3 Å². The van der Waals surface area contributed by atoms with Gasteiger partial charge in [0.05, 0.1) is 11.7 Å². The Balaban J connectivity index is 2.14. The highest BCUT2D eigenvalue weighted by Crippen LogP contribution is 2.17. The zero-order chi connectivity index (χ0) is 12.1. The summed E-state index contributed by atoms with van der Waals surface area (Å²) in [5, 5.41) is 3.28. The molecule has 1 N–H and O–H groups in total. The predicted molar refractivity (Wildman–Crippen MR) is 71.7 cm³/mol. The van der Waals surface area contributed by atoms with Crippen molar-refractivity contribution in [1.82, 2.24) is 15.3 Å². The first-order chi connectivity index (χ1) is 8.29. The van der Waals surface area contributed by atoms with Crippen LogP contribution in [0.25, 0.3) is 0 Å². The number of nitrogens with zero attached hydrogens (tertiary/aromatic N) is 2. The fourth-order valence-corrected chi connectivity index (χ4v) is 1.94. The van der Waals surface area contributed by atoms with Crippen molar-refractivity contribution in [2.24, 2.45) is 0 Å². The summed E-state index contributed by atoms with van der Waals surface area (Å²) < 4.78 is 0.998. The molecule has 17 heavy (non-hydrogen) atoms. The Morgan fingerprint density at radius 1 is 1.29 bits per heavy atom. The Labute approximate surface area is 109 Å². The number of likely N-dealkylation sites (N-methyl/N-ethyl adjacent to an activating group) is 1. The van der Waals surface area contributed by atoms with Gasteiger partial charge in [0.15, 0.2) is 0 Å². The minimum absolute atomic E-state index is 0.215. The van der Waals surface area contributed by atoms with Crippen molar-refractivity contribution >= 4 is 15.9 Å². The zero-order valence-corrected chi connectivity index (χ0v) is 11.2. The van der Waals surface area contributed by atoms with Gasteiger partial charge in [0.25, 0.3) is 0 Å². The summed E-state index contributed by atoms with van der Waals surface area (Å²) in [6, 6.07) is 8.29. The van der Waals surface area contributed by atoms with E-state index in [-0.39, 0.29) is 6.04 Å². The summed E-state index contributed by atoms with van der Waals surface area (Å²) >= 11 is 3.39. The van der Waals surface area contributed by atoms with E-state index in [0.29, 0.717) is 0 Å². The lowest BCUT2D eigenvalue weighted by molar-refractivity contribution is 0.575. The lowest BCUT2D eigenvalue weighted by Crippen LogP contribution is -2.20. The van der Waals surface area contributed by atoms with E-state index in [9.17, 15) is 0 Å². The Morgan fingerprint density at radius 2 is 2.18 bits per heavy atom. The van der Waals surface area contributed by atoms with Crippen molar-refractivity contribution in [3.05, 3.63) is 58.6 Å². The van der Waals surface area contributed by atoms with E-state index in [1.54, 1.807) is 6.20 Å². The first-order valence-electron chi connectivity index (χ1n) is 5.47. The molecule has 0 aliphatic carbocycles. The predicted octanol–water partition coefficient (Wildman–Crippen LogP) is 2.74. The number of halogens is 1. The fourth-order valence-electron chi connectivity index (χ4n) is 1.70. The largest absolute Gasteiger partial charge is 0.311 e. The third kappa shape index (κ3) is 3.35. The molecule has 0 saturated carbocycles. The molecule has 0 aliphatic rings. The lowest BCUT2D eigenvalue weighted by atomic mass is 10.0. The summed E-state index contributed by atoms with van der Waals surface area (Å²) in [4.78, 5) is 8.54. The van der Waals surface area contributed by atoms with Gasteiger partial charge in [0, 0.05) is 23.1 Å². The van der Waals surface area contributed by atoms with E-state index in [4.69, 9.17) is 0 Å². The second kappa shape index (κ2) is 5.89. The SMILES string of the molecule is CNC(Cc1cccnc1)c1ccc(Br)cn1. The molecular weight excluding hydrogens is 278 g/mol. The van der Waals surface area contributed by atoms with Gasteiger partial charge in [-0.2, -0.15) is 0 Å². The van der Waals surface area contributed by atoms with Crippen molar-refractivity contribution < 1.29 is 0 Å². The van der Waals surface area contributed by atoms with Crippen LogP contribution >= 0.6 is 15.9 Å². The summed E-state index contributed by atoms with van der Waals surface area (Å²) in [6.07, 6.45) is 6.39. The Morgan fingerprint density at radius 3 is 2.76 bits per heavy atom. The molecule has 1 atom stereocenters. The van der Waals surface area contributed by atoms with E-state index in [2.05, 4.69) is 37.3 Å². The molecule has 0 spiro atoms. The third-order valence-corrected chi connectivity index (χ3v) is 3.09. The maximum Gasteiger partial charge on any atom is 0.0577 e. The molecular formula is C13H14BrN3. The summed E-state index contributed by atoms with van der Waals surface area (Å²) in [5.74, 6) is 0. The number of nitrogens with one attached hydrogen (secondary N) is 1. The maximum absolute atomic E-state index is 4.42. The van der Waals surface area contributed by atoms with Crippen LogP contribution in [-0.2, 0) is 6.42 Å². The molecule has 2 rings (SSSR count). The minimum atomic E-state index is 0.215. The van der Waals surface area contributed by atoms with Gasteiger partial charge in [-0.25, -0.2) is 0 Å². The molecule has 0 amide bonds. The Kier molecular flexibility index (Phi) is 4.23. The first kappa shape index (κ1) is 12.2. The maximum atomic E-state index is 4.42.